The maximum Gasteiger partial charge on any atom is 0.242 e. The largest absolute Gasteiger partial charge is 0.354 e. The molecule has 1 aliphatic carbocycles. The fraction of sp³-hybridized carbons (Fsp3) is 0.636. The third kappa shape index (κ3) is 8.46. The number of hydrogen-bond donors (Lipinski definition) is 3. The molecule has 0 spiro atoms. The summed E-state index contributed by atoms with van der Waals surface area (Å²) in [6.45, 7) is 2.60. The Balaban J connectivity index is 1.85. The van der Waals surface area contributed by atoms with Crippen molar-refractivity contribution >= 4 is 33.6 Å². The maximum atomic E-state index is 12.7. The van der Waals surface area contributed by atoms with E-state index in [2.05, 4.69) is 17.6 Å². The maximum absolute atomic E-state index is 12.7. The lowest BCUT2D eigenvalue weighted by Gasteiger charge is -2.28. The first-order valence-electron chi connectivity index (χ1n) is 10.9. The molecule has 0 bridgehead atoms. The fourth-order valence-corrected chi connectivity index (χ4v) is 4.91. The van der Waals surface area contributed by atoms with Gasteiger partial charge in [-0.25, -0.2) is 13.6 Å². The fourth-order valence-electron chi connectivity index (χ4n) is 3.93. The van der Waals surface area contributed by atoms with E-state index < -0.39 is 16.1 Å². The number of hydrogen-bond acceptors (Lipinski definition) is 5. The van der Waals surface area contributed by atoms with Gasteiger partial charge in [-0.15, -0.1) is 0 Å². The predicted molar refractivity (Wildman–Crippen MR) is 125 cm³/mol. The summed E-state index contributed by atoms with van der Waals surface area (Å²) in [4.78, 5) is 25.5. The summed E-state index contributed by atoms with van der Waals surface area (Å²) in [5, 5.41) is 11.0. The minimum atomic E-state index is -3.71. The number of rotatable bonds is 11. The van der Waals surface area contributed by atoms with Crippen molar-refractivity contribution in [2.75, 3.05) is 18.6 Å². The molecule has 0 heterocycles. The molecule has 4 N–H and O–H groups in total. The monoisotopic (exact) mass is 469 g/mol. The molecule has 1 unspecified atom stereocenters. The molecule has 31 heavy (non-hydrogen) atoms. The standard InChI is InChI=1S/C22H35N3O4S2/c1-3-16-4-8-18(9-5-16)21(26)25-20(13-15-30-2)22(27)24-14-12-17-6-10-19(11-7-17)31(23,28)29/h6-7,10-11,16,18,20H,3-5,8-9,12-15H2,1-2H3,(H,24,27)(H,25,26)(H2,23,28,29). The summed E-state index contributed by atoms with van der Waals surface area (Å²) in [7, 11) is -3.71. The van der Waals surface area contributed by atoms with E-state index in [4.69, 9.17) is 5.14 Å². The third-order valence-electron chi connectivity index (χ3n) is 6.00. The van der Waals surface area contributed by atoms with Crippen LogP contribution >= 0.6 is 11.8 Å². The van der Waals surface area contributed by atoms with Gasteiger partial charge in [0.15, 0.2) is 0 Å². The number of thioether (sulfide) groups is 1. The Morgan fingerprint density at radius 3 is 2.35 bits per heavy atom. The minimum absolute atomic E-state index is 0.00437. The molecular formula is C22H35N3O4S2. The second-order valence-electron chi connectivity index (χ2n) is 8.20. The Morgan fingerprint density at radius 1 is 1.16 bits per heavy atom. The molecule has 0 saturated heterocycles. The van der Waals surface area contributed by atoms with Crippen LogP contribution < -0.4 is 15.8 Å². The molecule has 1 aromatic carbocycles. The average Bonchev–Trinajstić information content (AvgIpc) is 2.76. The Bertz CT molecular complexity index is 820. The molecule has 7 nitrogen and oxygen atoms in total. The van der Waals surface area contributed by atoms with E-state index in [0.29, 0.717) is 19.4 Å². The lowest BCUT2D eigenvalue weighted by atomic mass is 9.80. The Hall–Kier alpha value is -1.58. The first-order valence-corrected chi connectivity index (χ1v) is 13.9. The smallest absolute Gasteiger partial charge is 0.242 e. The first-order chi connectivity index (χ1) is 14.7. The SMILES string of the molecule is CCC1CCC(C(=O)NC(CCSC)C(=O)NCCc2ccc(S(N)(=O)=O)cc2)CC1. The van der Waals surface area contributed by atoms with Gasteiger partial charge in [-0.05, 0) is 74.1 Å². The van der Waals surface area contributed by atoms with Crippen LogP contribution in [0.3, 0.4) is 0 Å². The average molecular weight is 470 g/mol. The molecule has 2 rings (SSSR count). The summed E-state index contributed by atoms with van der Waals surface area (Å²) in [5.74, 6) is 1.33. The molecule has 0 radical (unpaired) electrons. The molecular weight excluding hydrogens is 434 g/mol. The molecule has 174 valence electrons. The van der Waals surface area contributed by atoms with E-state index in [-0.39, 0.29) is 22.6 Å². The van der Waals surface area contributed by atoms with Gasteiger partial charge in [-0.1, -0.05) is 25.5 Å². The van der Waals surface area contributed by atoms with Crippen LogP contribution in [0.2, 0.25) is 0 Å². The number of carbonyl (C=O) groups is 2. The van der Waals surface area contributed by atoms with Crippen molar-refractivity contribution in [2.45, 2.75) is 62.8 Å². The van der Waals surface area contributed by atoms with Crippen LogP contribution in [0, 0.1) is 11.8 Å². The van der Waals surface area contributed by atoms with Gasteiger partial charge < -0.3 is 10.6 Å². The van der Waals surface area contributed by atoms with Gasteiger partial charge in [0.1, 0.15) is 6.04 Å². The van der Waals surface area contributed by atoms with E-state index in [0.717, 1.165) is 49.3 Å². The van der Waals surface area contributed by atoms with Crippen LogP contribution in [-0.4, -0.2) is 44.8 Å². The summed E-state index contributed by atoms with van der Waals surface area (Å²) in [5.41, 5.74) is 0.894. The number of nitrogens with two attached hydrogens (primary N) is 1. The third-order valence-corrected chi connectivity index (χ3v) is 7.58. The van der Waals surface area contributed by atoms with Crippen LogP contribution in [0.4, 0.5) is 0 Å². The number of amides is 2. The second kappa shape index (κ2) is 12.5. The number of carbonyl (C=O) groups excluding carboxylic acids is 2. The van der Waals surface area contributed by atoms with E-state index in [9.17, 15) is 18.0 Å². The van der Waals surface area contributed by atoms with Crippen molar-refractivity contribution in [1.29, 1.82) is 0 Å². The molecule has 1 atom stereocenters. The van der Waals surface area contributed by atoms with Crippen molar-refractivity contribution in [3.63, 3.8) is 0 Å². The van der Waals surface area contributed by atoms with Gasteiger partial charge in [0.05, 0.1) is 4.90 Å². The van der Waals surface area contributed by atoms with E-state index in [1.165, 1.54) is 12.1 Å². The highest BCUT2D eigenvalue weighted by Crippen LogP contribution is 2.30. The summed E-state index contributed by atoms with van der Waals surface area (Å²) >= 11 is 1.65. The summed E-state index contributed by atoms with van der Waals surface area (Å²) < 4.78 is 22.7. The molecule has 2 amide bonds. The zero-order valence-corrected chi connectivity index (χ0v) is 20.1. The predicted octanol–water partition coefficient (Wildman–Crippen LogP) is 2.45. The molecule has 1 saturated carbocycles. The molecule has 9 heteroatoms. The summed E-state index contributed by atoms with van der Waals surface area (Å²) in [6, 6.07) is 5.76. The van der Waals surface area contributed by atoms with Crippen LogP contribution in [-0.2, 0) is 26.0 Å². The van der Waals surface area contributed by atoms with E-state index in [1.807, 2.05) is 6.26 Å². The zero-order chi connectivity index (χ0) is 22.9. The topological polar surface area (TPSA) is 118 Å². The number of sulfonamides is 1. The van der Waals surface area contributed by atoms with Crippen LogP contribution in [0.15, 0.2) is 29.2 Å². The van der Waals surface area contributed by atoms with E-state index >= 15 is 0 Å². The number of nitrogens with one attached hydrogen (secondary N) is 2. The van der Waals surface area contributed by atoms with Crippen LogP contribution in [0.1, 0.15) is 51.0 Å². The van der Waals surface area contributed by atoms with Gasteiger partial charge >= 0.3 is 0 Å². The highest BCUT2D eigenvalue weighted by atomic mass is 32.2. The quantitative estimate of drug-likeness (QED) is 0.460. The van der Waals surface area contributed by atoms with Gasteiger partial charge in [-0.2, -0.15) is 11.8 Å². The lowest BCUT2D eigenvalue weighted by molar-refractivity contribution is -0.132. The van der Waals surface area contributed by atoms with Gasteiger partial charge in [0, 0.05) is 12.5 Å². The highest BCUT2D eigenvalue weighted by Gasteiger charge is 2.28. The summed E-state index contributed by atoms with van der Waals surface area (Å²) in [6.07, 6.45) is 8.26. The van der Waals surface area contributed by atoms with Crippen molar-refractivity contribution in [2.24, 2.45) is 17.0 Å². The highest BCUT2D eigenvalue weighted by molar-refractivity contribution is 7.98. The molecule has 1 aromatic rings. The molecule has 0 aromatic heterocycles. The Kier molecular flexibility index (Phi) is 10.3. The second-order valence-corrected chi connectivity index (χ2v) is 10.7. The molecule has 0 aliphatic heterocycles. The van der Waals surface area contributed by atoms with Crippen molar-refractivity contribution in [1.82, 2.24) is 10.6 Å². The van der Waals surface area contributed by atoms with Crippen molar-refractivity contribution in [3.8, 4) is 0 Å². The zero-order valence-electron chi connectivity index (χ0n) is 18.4. The number of primary sulfonamides is 1. The molecule has 1 fully saturated rings. The Labute approximate surface area is 190 Å². The molecule has 1 aliphatic rings. The van der Waals surface area contributed by atoms with Gasteiger partial charge in [0.25, 0.3) is 0 Å². The van der Waals surface area contributed by atoms with Crippen LogP contribution in [0.5, 0.6) is 0 Å². The normalized spacial score (nSPS) is 20.1. The van der Waals surface area contributed by atoms with Crippen molar-refractivity contribution in [3.05, 3.63) is 29.8 Å². The lowest BCUT2D eigenvalue weighted by Crippen LogP contribution is -2.49. The Morgan fingerprint density at radius 2 is 1.81 bits per heavy atom. The minimum Gasteiger partial charge on any atom is -0.354 e. The number of benzene rings is 1. The van der Waals surface area contributed by atoms with Crippen LogP contribution in [0.25, 0.3) is 0 Å². The van der Waals surface area contributed by atoms with Gasteiger partial charge in [-0.3, -0.25) is 9.59 Å². The van der Waals surface area contributed by atoms with Crippen molar-refractivity contribution < 1.29 is 18.0 Å². The van der Waals surface area contributed by atoms with Gasteiger partial charge in [0.2, 0.25) is 21.8 Å². The first kappa shape index (κ1) is 25.7. The van der Waals surface area contributed by atoms with E-state index in [1.54, 1.807) is 23.9 Å².